The fourth-order valence-electron chi connectivity index (χ4n) is 0.804. The summed E-state index contributed by atoms with van der Waals surface area (Å²) in [5, 5.41) is 26.9. The van der Waals surface area contributed by atoms with E-state index in [-0.39, 0.29) is 6.61 Å². The second kappa shape index (κ2) is 2.44. The van der Waals surface area contributed by atoms with Crippen molar-refractivity contribution in [3.63, 3.8) is 0 Å². The number of methoxy groups -OCH3 is 1. The van der Waals surface area contributed by atoms with E-state index in [1.807, 2.05) is 0 Å². The van der Waals surface area contributed by atoms with E-state index in [2.05, 4.69) is 9.47 Å². The van der Waals surface area contributed by atoms with E-state index >= 15 is 0 Å². The maximum atomic E-state index is 9.08. The van der Waals surface area contributed by atoms with Gasteiger partial charge in [-0.25, -0.2) is 0 Å². The molecule has 1 saturated heterocycles. The summed E-state index contributed by atoms with van der Waals surface area (Å²) in [7, 11) is 1.18. The van der Waals surface area contributed by atoms with Crippen LogP contribution in [-0.2, 0) is 9.47 Å². The van der Waals surface area contributed by atoms with Gasteiger partial charge in [0, 0.05) is 7.11 Å². The minimum atomic E-state index is -2.03. The van der Waals surface area contributed by atoms with Crippen molar-refractivity contribution in [2.24, 2.45) is 0 Å². The Morgan fingerprint density at radius 3 is 2.40 bits per heavy atom. The van der Waals surface area contributed by atoms with Gasteiger partial charge in [0.15, 0.2) is 6.10 Å². The molecule has 0 amide bonds. The van der Waals surface area contributed by atoms with Gasteiger partial charge in [-0.2, -0.15) is 0 Å². The first-order chi connectivity index (χ1) is 4.60. The van der Waals surface area contributed by atoms with Crippen molar-refractivity contribution in [3.8, 4) is 0 Å². The molecule has 0 aromatic carbocycles. The van der Waals surface area contributed by atoms with E-state index in [1.165, 1.54) is 7.11 Å². The molecular weight excluding hydrogens is 140 g/mol. The molecule has 0 saturated carbocycles. The molecule has 0 aromatic rings. The number of hydrogen-bond acceptors (Lipinski definition) is 5. The van der Waals surface area contributed by atoms with E-state index in [0.29, 0.717) is 0 Å². The Balaban J connectivity index is 2.64. The van der Waals surface area contributed by atoms with Crippen LogP contribution in [0.4, 0.5) is 0 Å². The molecule has 0 aromatic heterocycles. The molecule has 1 rings (SSSR count). The summed E-state index contributed by atoms with van der Waals surface area (Å²) in [6.07, 6.45) is -2.47. The average molecular weight is 150 g/mol. The molecule has 1 unspecified atom stereocenters. The molecule has 5 nitrogen and oxygen atoms in total. The largest absolute Gasteiger partial charge is 0.388 e. The van der Waals surface area contributed by atoms with E-state index in [4.69, 9.17) is 15.3 Å². The lowest BCUT2D eigenvalue weighted by Gasteiger charge is -2.22. The Bertz CT molecular complexity index is 127. The Hall–Kier alpha value is -0.200. The fraction of sp³-hybridized carbons (Fsp3) is 1.00. The summed E-state index contributed by atoms with van der Waals surface area (Å²) in [4.78, 5) is 0. The zero-order valence-corrected chi connectivity index (χ0v) is 5.52. The highest BCUT2D eigenvalue weighted by atomic mass is 16.8. The van der Waals surface area contributed by atoms with Gasteiger partial charge in [-0.3, -0.25) is 0 Å². The van der Waals surface area contributed by atoms with E-state index in [9.17, 15) is 0 Å². The number of aliphatic hydroxyl groups excluding tert-OH is 2. The zero-order valence-electron chi connectivity index (χ0n) is 5.52. The molecule has 10 heavy (non-hydrogen) atoms. The average Bonchev–Trinajstić information content (AvgIpc) is 2.19. The summed E-state index contributed by atoms with van der Waals surface area (Å²) >= 11 is 0. The lowest BCUT2D eigenvalue weighted by atomic mass is 10.2. The Morgan fingerprint density at radius 2 is 2.20 bits per heavy atom. The highest BCUT2D eigenvalue weighted by Gasteiger charge is 2.48. The number of rotatable bonds is 1. The van der Waals surface area contributed by atoms with Crippen LogP contribution in [0.2, 0.25) is 0 Å². The minimum Gasteiger partial charge on any atom is -0.388 e. The molecule has 1 aliphatic rings. The number of ether oxygens (including phenoxy) is 2. The van der Waals surface area contributed by atoms with Crippen molar-refractivity contribution in [2.45, 2.75) is 18.2 Å². The third-order valence-electron chi connectivity index (χ3n) is 1.49. The van der Waals surface area contributed by atoms with Gasteiger partial charge in [0.25, 0.3) is 0 Å². The van der Waals surface area contributed by atoms with Crippen LogP contribution in [0.1, 0.15) is 0 Å². The summed E-state index contributed by atoms with van der Waals surface area (Å²) in [6, 6.07) is 0. The number of aliphatic hydroxyl groups is 3. The first kappa shape index (κ1) is 7.90. The van der Waals surface area contributed by atoms with Crippen LogP contribution in [0.3, 0.4) is 0 Å². The molecule has 60 valence electrons. The summed E-state index contributed by atoms with van der Waals surface area (Å²) in [6.45, 7) is -0.120. The van der Waals surface area contributed by atoms with Crippen LogP contribution in [0.15, 0.2) is 0 Å². The SMILES string of the molecule is COC1(O)OC[C@H](O)[C@@H]1O. The van der Waals surface area contributed by atoms with E-state index in [1.54, 1.807) is 0 Å². The minimum absolute atomic E-state index is 0.120. The molecule has 0 bridgehead atoms. The summed E-state index contributed by atoms with van der Waals surface area (Å²) < 4.78 is 8.95. The second-order valence-electron chi connectivity index (χ2n) is 2.16. The first-order valence-corrected chi connectivity index (χ1v) is 2.88. The van der Waals surface area contributed by atoms with Crippen LogP contribution < -0.4 is 0 Å². The van der Waals surface area contributed by atoms with Crippen molar-refractivity contribution in [2.75, 3.05) is 13.7 Å². The second-order valence-corrected chi connectivity index (χ2v) is 2.16. The summed E-state index contributed by atoms with van der Waals surface area (Å²) in [5.74, 6) is -2.03. The summed E-state index contributed by atoms with van der Waals surface area (Å²) in [5.41, 5.74) is 0. The molecule has 1 heterocycles. The molecule has 0 radical (unpaired) electrons. The van der Waals surface area contributed by atoms with E-state index < -0.39 is 18.2 Å². The predicted molar refractivity (Wildman–Crippen MR) is 29.9 cm³/mol. The van der Waals surface area contributed by atoms with Crippen molar-refractivity contribution < 1.29 is 24.8 Å². The van der Waals surface area contributed by atoms with Gasteiger partial charge in [0.1, 0.15) is 6.10 Å². The monoisotopic (exact) mass is 150 g/mol. The molecule has 1 fully saturated rings. The Kier molecular flexibility index (Phi) is 1.93. The molecule has 0 aliphatic carbocycles. The van der Waals surface area contributed by atoms with Crippen LogP contribution >= 0.6 is 0 Å². The number of hydrogen-bond donors (Lipinski definition) is 3. The fourth-order valence-corrected chi connectivity index (χ4v) is 0.804. The van der Waals surface area contributed by atoms with Gasteiger partial charge >= 0.3 is 5.97 Å². The van der Waals surface area contributed by atoms with Crippen LogP contribution in [-0.4, -0.2) is 47.2 Å². The maximum Gasteiger partial charge on any atom is 0.310 e. The third kappa shape index (κ3) is 1.02. The van der Waals surface area contributed by atoms with Gasteiger partial charge in [0.2, 0.25) is 0 Å². The molecule has 3 atom stereocenters. The van der Waals surface area contributed by atoms with Gasteiger partial charge in [-0.15, -0.1) is 0 Å². The van der Waals surface area contributed by atoms with E-state index in [0.717, 1.165) is 0 Å². The van der Waals surface area contributed by atoms with Crippen LogP contribution in [0.25, 0.3) is 0 Å². The standard InChI is InChI=1S/C5H10O5/c1-9-5(8)4(7)3(6)2-10-5/h3-4,6-8H,2H2,1H3/t3-,4-,5?/m0/s1. The maximum absolute atomic E-state index is 9.08. The van der Waals surface area contributed by atoms with Gasteiger partial charge in [0.05, 0.1) is 6.61 Å². The molecule has 1 aliphatic heterocycles. The molecule has 3 N–H and O–H groups in total. The quantitative estimate of drug-likeness (QED) is 0.378. The molecule has 0 spiro atoms. The highest BCUT2D eigenvalue weighted by Crippen LogP contribution is 2.23. The normalized spacial score (nSPS) is 48.0. The van der Waals surface area contributed by atoms with Gasteiger partial charge < -0.3 is 24.8 Å². The smallest absolute Gasteiger partial charge is 0.310 e. The Labute approximate surface area is 57.8 Å². The van der Waals surface area contributed by atoms with Gasteiger partial charge in [-0.1, -0.05) is 0 Å². The Morgan fingerprint density at radius 1 is 1.60 bits per heavy atom. The highest BCUT2D eigenvalue weighted by molar-refractivity contribution is 4.82. The van der Waals surface area contributed by atoms with Gasteiger partial charge in [-0.05, 0) is 0 Å². The van der Waals surface area contributed by atoms with Crippen LogP contribution in [0.5, 0.6) is 0 Å². The zero-order chi connectivity index (χ0) is 7.78. The third-order valence-corrected chi connectivity index (χ3v) is 1.49. The van der Waals surface area contributed by atoms with Crippen molar-refractivity contribution in [3.05, 3.63) is 0 Å². The predicted octanol–water partition coefficient (Wildman–Crippen LogP) is -1.97. The van der Waals surface area contributed by atoms with Crippen molar-refractivity contribution in [1.82, 2.24) is 0 Å². The van der Waals surface area contributed by atoms with Crippen LogP contribution in [0, 0.1) is 0 Å². The topological polar surface area (TPSA) is 79.2 Å². The molecular formula is C5H10O5. The first-order valence-electron chi connectivity index (χ1n) is 2.88. The van der Waals surface area contributed by atoms with Crippen molar-refractivity contribution >= 4 is 0 Å². The molecule has 5 heteroatoms. The van der Waals surface area contributed by atoms with Crippen molar-refractivity contribution in [1.29, 1.82) is 0 Å². The lowest BCUT2D eigenvalue weighted by molar-refractivity contribution is -0.358. The lowest BCUT2D eigenvalue weighted by Crippen LogP contribution is -2.44.